The van der Waals surface area contributed by atoms with Crippen molar-refractivity contribution >= 4 is 17.4 Å². The average molecular weight is 334 g/mol. The molecule has 0 radical (unpaired) electrons. The van der Waals surface area contributed by atoms with Gasteiger partial charge in [0.15, 0.2) is 11.5 Å². The third-order valence-corrected chi connectivity index (χ3v) is 3.94. The van der Waals surface area contributed by atoms with E-state index in [4.69, 9.17) is 21.1 Å². The molecule has 5 nitrogen and oxygen atoms in total. The molecule has 1 atom stereocenters. The Balaban J connectivity index is 1.70. The molecule has 23 heavy (non-hydrogen) atoms. The third kappa shape index (κ3) is 4.05. The summed E-state index contributed by atoms with van der Waals surface area (Å²) in [5, 5.41) is 0.271. The number of nitrogens with zero attached hydrogens (tertiary/aromatic N) is 3. The minimum Gasteiger partial charge on any atom is -0.490 e. The van der Waals surface area contributed by atoms with Gasteiger partial charge in [-0.15, -0.1) is 0 Å². The molecule has 122 valence electrons. The molecule has 3 rings (SSSR count). The fourth-order valence-electron chi connectivity index (χ4n) is 2.75. The number of piperidine rings is 1. The van der Waals surface area contributed by atoms with Crippen molar-refractivity contribution in [2.75, 3.05) is 24.6 Å². The zero-order chi connectivity index (χ0) is 16.1. The van der Waals surface area contributed by atoms with Gasteiger partial charge >= 0.3 is 0 Å². The molecule has 1 saturated heterocycles. The Morgan fingerprint density at radius 1 is 1.26 bits per heavy atom. The summed E-state index contributed by atoms with van der Waals surface area (Å²) in [6.45, 7) is 4.31. The summed E-state index contributed by atoms with van der Waals surface area (Å²) in [6, 6.07) is 9.67. The van der Waals surface area contributed by atoms with Crippen LogP contribution >= 0.6 is 11.6 Å². The van der Waals surface area contributed by atoms with Gasteiger partial charge in [-0.3, -0.25) is 0 Å². The van der Waals surface area contributed by atoms with Gasteiger partial charge in [-0.1, -0.05) is 12.1 Å². The Bertz CT molecular complexity index is 653. The van der Waals surface area contributed by atoms with Crippen LogP contribution in [0, 0.1) is 0 Å². The van der Waals surface area contributed by atoms with Gasteiger partial charge in [0.1, 0.15) is 11.9 Å². The van der Waals surface area contributed by atoms with Gasteiger partial charge in [-0.05, 0) is 49.6 Å². The van der Waals surface area contributed by atoms with Crippen LogP contribution in [0.25, 0.3) is 0 Å². The Morgan fingerprint density at radius 2 is 2.09 bits per heavy atom. The molecular weight excluding hydrogens is 314 g/mol. The zero-order valence-electron chi connectivity index (χ0n) is 13.1. The van der Waals surface area contributed by atoms with Gasteiger partial charge in [0, 0.05) is 12.7 Å². The maximum Gasteiger partial charge on any atom is 0.224 e. The van der Waals surface area contributed by atoms with Crippen LogP contribution in [0.15, 0.2) is 36.5 Å². The molecule has 2 aromatic rings. The smallest absolute Gasteiger partial charge is 0.224 e. The lowest BCUT2D eigenvalue weighted by Crippen LogP contribution is -2.41. The van der Waals surface area contributed by atoms with E-state index in [1.807, 2.05) is 37.3 Å². The highest BCUT2D eigenvalue weighted by molar-refractivity contribution is 6.28. The molecule has 2 heterocycles. The van der Waals surface area contributed by atoms with E-state index in [9.17, 15) is 0 Å². The monoisotopic (exact) mass is 333 g/mol. The maximum absolute atomic E-state index is 6.18. The molecule has 1 aliphatic rings. The van der Waals surface area contributed by atoms with Crippen molar-refractivity contribution in [3.8, 4) is 11.5 Å². The Labute approximate surface area is 141 Å². The minimum atomic E-state index is 0.0964. The van der Waals surface area contributed by atoms with Crippen molar-refractivity contribution in [2.45, 2.75) is 25.9 Å². The van der Waals surface area contributed by atoms with Crippen LogP contribution in [-0.2, 0) is 0 Å². The number of aromatic nitrogens is 2. The number of halogens is 1. The number of anilines is 1. The molecule has 0 spiro atoms. The predicted molar refractivity (Wildman–Crippen MR) is 90.5 cm³/mol. The molecule has 6 heteroatoms. The standard InChI is InChI=1S/C17H20ClN3O2/c1-2-22-14-7-3-4-8-15(14)23-13-6-5-11-21(12-13)16-9-10-19-17(18)20-16/h3-4,7-10,13H,2,5-6,11-12H2,1H3. The van der Waals surface area contributed by atoms with Gasteiger partial charge < -0.3 is 14.4 Å². The van der Waals surface area contributed by atoms with Gasteiger partial charge in [-0.25, -0.2) is 9.97 Å². The molecule has 0 N–H and O–H groups in total. The normalized spacial score (nSPS) is 17.8. The Morgan fingerprint density at radius 3 is 2.87 bits per heavy atom. The lowest BCUT2D eigenvalue weighted by Gasteiger charge is -2.33. The Hall–Kier alpha value is -2.01. The highest BCUT2D eigenvalue weighted by atomic mass is 35.5. The largest absolute Gasteiger partial charge is 0.490 e. The number of benzene rings is 1. The molecule has 1 unspecified atom stereocenters. The van der Waals surface area contributed by atoms with E-state index in [1.54, 1.807) is 6.20 Å². The molecule has 1 fully saturated rings. The quantitative estimate of drug-likeness (QED) is 0.783. The molecule has 1 aromatic heterocycles. The molecule has 0 amide bonds. The van der Waals surface area contributed by atoms with Gasteiger partial charge in [0.25, 0.3) is 0 Å². The van der Waals surface area contributed by atoms with E-state index in [2.05, 4.69) is 14.9 Å². The fourth-order valence-corrected chi connectivity index (χ4v) is 2.89. The zero-order valence-corrected chi connectivity index (χ0v) is 13.9. The highest BCUT2D eigenvalue weighted by Crippen LogP contribution is 2.29. The summed E-state index contributed by atoms with van der Waals surface area (Å²) < 4.78 is 11.8. The van der Waals surface area contributed by atoms with Crippen LogP contribution in [0.1, 0.15) is 19.8 Å². The van der Waals surface area contributed by atoms with E-state index >= 15 is 0 Å². The predicted octanol–water partition coefficient (Wildman–Crippen LogP) is 3.58. The SMILES string of the molecule is CCOc1ccccc1OC1CCCN(c2ccnc(Cl)n2)C1. The second kappa shape index (κ2) is 7.51. The molecule has 0 aliphatic carbocycles. The fraction of sp³-hybridized carbons (Fsp3) is 0.412. The molecule has 1 aromatic carbocycles. The van der Waals surface area contributed by atoms with Crippen molar-refractivity contribution in [3.05, 3.63) is 41.8 Å². The van der Waals surface area contributed by atoms with Crippen molar-refractivity contribution in [1.82, 2.24) is 9.97 Å². The first-order chi connectivity index (χ1) is 11.3. The van der Waals surface area contributed by atoms with E-state index in [0.717, 1.165) is 43.2 Å². The van der Waals surface area contributed by atoms with Crippen molar-refractivity contribution in [1.29, 1.82) is 0 Å². The minimum absolute atomic E-state index is 0.0964. The van der Waals surface area contributed by atoms with Crippen LogP contribution in [0.4, 0.5) is 5.82 Å². The van der Waals surface area contributed by atoms with Crippen molar-refractivity contribution < 1.29 is 9.47 Å². The molecule has 0 saturated carbocycles. The second-order valence-electron chi connectivity index (χ2n) is 5.39. The van der Waals surface area contributed by atoms with E-state index in [0.29, 0.717) is 6.61 Å². The van der Waals surface area contributed by atoms with Gasteiger partial charge in [-0.2, -0.15) is 0 Å². The highest BCUT2D eigenvalue weighted by Gasteiger charge is 2.23. The molecule has 0 bridgehead atoms. The maximum atomic E-state index is 6.18. The van der Waals surface area contributed by atoms with Crippen LogP contribution in [0.2, 0.25) is 5.28 Å². The summed E-state index contributed by atoms with van der Waals surface area (Å²) in [6.07, 6.45) is 3.83. The van der Waals surface area contributed by atoms with E-state index in [-0.39, 0.29) is 11.4 Å². The topological polar surface area (TPSA) is 47.5 Å². The van der Waals surface area contributed by atoms with Gasteiger partial charge in [0.05, 0.1) is 13.2 Å². The van der Waals surface area contributed by atoms with Gasteiger partial charge in [0.2, 0.25) is 5.28 Å². The van der Waals surface area contributed by atoms with Crippen LogP contribution in [0.3, 0.4) is 0 Å². The van der Waals surface area contributed by atoms with Crippen LogP contribution in [0.5, 0.6) is 11.5 Å². The lowest BCUT2D eigenvalue weighted by molar-refractivity contribution is 0.170. The number of hydrogen-bond donors (Lipinski definition) is 0. The number of ether oxygens (including phenoxy) is 2. The Kier molecular flexibility index (Phi) is 5.18. The molecular formula is C17H20ClN3O2. The summed E-state index contributed by atoms with van der Waals surface area (Å²) in [5.41, 5.74) is 0. The first-order valence-corrected chi connectivity index (χ1v) is 8.26. The summed E-state index contributed by atoms with van der Waals surface area (Å²) in [7, 11) is 0. The second-order valence-corrected chi connectivity index (χ2v) is 5.73. The van der Waals surface area contributed by atoms with Crippen molar-refractivity contribution in [3.63, 3.8) is 0 Å². The number of para-hydroxylation sites is 2. The lowest BCUT2D eigenvalue weighted by atomic mass is 10.1. The molecule has 1 aliphatic heterocycles. The first-order valence-electron chi connectivity index (χ1n) is 7.88. The van der Waals surface area contributed by atoms with E-state index in [1.165, 1.54) is 0 Å². The van der Waals surface area contributed by atoms with E-state index < -0.39 is 0 Å². The van der Waals surface area contributed by atoms with Crippen molar-refractivity contribution in [2.24, 2.45) is 0 Å². The summed E-state index contributed by atoms with van der Waals surface area (Å²) >= 11 is 5.89. The number of rotatable bonds is 5. The number of hydrogen-bond acceptors (Lipinski definition) is 5. The van der Waals surface area contributed by atoms with Crippen LogP contribution in [-0.4, -0.2) is 35.8 Å². The van der Waals surface area contributed by atoms with Crippen LogP contribution < -0.4 is 14.4 Å². The summed E-state index contributed by atoms with van der Waals surface area (Å²) in [4.78, 5) is 10.4. The third-order valence-electron chi connectivity index (χ3n) is 3.76. The first kappa shape index (κ1) is 15.9. The summed E-state index contributed by atoms with van der Waals surface area (Å²) in [5.74, 6) is 2.43. The average Bonchev–Trinajstić information content (AvgIpc) is 2.57.